The first-order chi connectivity index (χ1) is 13.1. The SMILES string of the molecule is CC(Sc1nnc(COc2ccccc2Cl)n1C1CC1)c1ccccc1Cl. The van der Waals surface area contributed by atoms with Gasteiger partial charge in [-0.2, -0.15) is 0 Å². The van der Waals surface area contributed by atoms with Crippen LogP contribution in [0.15, 0.2) is 53.7 Å². The van der Waals surface area contributed by atoms with E-state index in [2.05, 4.69) is 27.8 Å². The van der Waals surface area contributed by atoms with Crippen LogP contribution in [0.3, 0.4) is 0 Å². The highest BCUT2D eigenvalue weighted by Gasteiger charge is 2.30. The van der Waals surface area contributed by atoms with Crippen molar-refractivity contribution in [3.05, 3.63) is 70.0 Å². The summed E-state index contributed by atoms with van der Waals surface area (Å²) in [5.41, 5.74) is 1.10. The molecule has 4 rings (SSSR count). The van der Waals surface area contributed by atoms with E-state index in [9.17, 15) is 0 Å². The highest BCUT2D eigenvalue weighted by molar-refractivity contribution is 7.99. The monoisotopic (exact) mass is 419 g/mol. The minimum atomic E-state index is 0.178. The fraction of sp³-hybridized carbons (Fsp3) is 0.300. The Balaban J connectivity index is 1.53. The van der Waals surface area contributed by atoms with E-state index in [4.69, 9.17) is 27.9 Å². The average Bonchev–Trinajstić information content (AvgIpc) is 3.43. The number of hydrogen-bond donors (Lipinski definition) is 0. The second-order valence-electron chi connectivity index (χ2n) is 6.50. The molecule has 4 nitrogen and oxygen atoms in total. The highest BCUT2D eigenvalue weighted by atomic mass is 35.5. The zero-order valence-corrected chi connectivity index (χ0v) is 17.1. The van der Waals surface area contributed by atoms with Crippen LogP contribution in [0, 0.1) is 0 Å². The molecule has 7 heteroatoms. The molecule has 1 aliphatic carbocycles. The maximum Gasteiger partial charge on any atom is 0.192 e. The summed E-state index contributed by atoms with van der Waals surface area (Å²) in [7, 11) is 0. The van der Waals surface area contributed by atoms with E-state index in [0.717, 1.165) is 34.4 Å². The first kappa shape index (κ1) is 18.7. The Bertz CT molecular complexity index is 942. The maximum absolute atomic E-state index is 6.35. The Labute approximate surface area is 172 Å². The van der Waals surface area contributed by atoms with Gasteiger partial charge in [0.2, 0.25) is 0 Å². The van der Waals surface area contributed by atoms with Gasteiger partial charge in [-0.15, -0.1) is 10.2 Å². The minimum Gasteiger partial charge on any atom is -0.484 e. The molecule has 27 heavy (non-hydrogen) atoms. The normalized spacial score (nSPS) is 14.9. The van der Waals surface area contributed by atoms with Crippen LogP contribution >= 0.6 is 35.0 Å². The Hall–Kier alpha value is -1.69. The maximum atomic E-state index is 6.35. The number of rotatable bonds is 7. The molecule has 1 atom stereocenters. The molecule has 1 aliphatic rings. The van der Waals surface area contributed by atoms with Gasteiger partial charge in [0, 0.05) is 16.3 Å². The molecule has 1 unspecified atom stereocenters. The first-order valence-corrected chi connectivity index (χ1v) is 10.5. The zero-order valence-electron chi connectivity index (χ0n) is 14.8. The molecule has 1 fully saturated rings. The van der Waals surface area contributed by atoms with Crippen LogP contribution in [-0.4, -0.2) is 14.8 Å². The molecule has 0 aliphatic heterocycles. The molecule has 2 aromatic carbocycles. The van der Waals surface area contributed by atoms with Gasteiger partial charge in [0.15, 0.2) is 11.0 Å². The molecule has 0 spiro atoms. The van der Waals surface area contributed by atoms with E-state index >= 15 is 0 Å². The van der Waals surface area contributed by atoms with Gasteiger partial charge in [-0.25, -0.2) is 0 Å². The van der Waals surface area contributed by atoms with Crippen molar-refractivity contribution in [3.63, 3.8) is 0 Å². The van der Waals surface area contributed by atoms with Crippen molar-refractivity contribution in [2.75, 3.05) is 0 Å². The van der Waals surface area contributed by atoms with E-state index in [1.807, 2.05) is 42.5 Å². The van der Waals surface area contributed by atoms with Gasteiger partial charge in [0.05, 0.1) is 5.02 Å². The molecular weight excluding hydrogens is 401 g/mol. The molecule has 0 saturated heterocycles. The Morgan fingerprint density at radius 1 is 1.07 bits per heavy atom. The van der Waals surface area contributed by atoms with Gasteiger partial charge in [-0.05, 0) is 43.5 Å². The second-order valence-corrected chi connectivity index (χ2v) is 8.62. The number of para-hydroxylation sites is 1. The lowest BCUT2D eigenvalue weighted by molar-refractivity contribution is 0.288. The van der Waals surface area contributed by atoms with Crippen molar-refractivity contribution in [1.29, 1.82) is 0 Å². The molecule has 0 radical (unpaired) electrons. The summed E-state index contributed by atoms with van der Waals surface area (Å²) in [6.45, 7) is 2.48. The van der Waals surface area contributed by atoms with Crippen molar-refractivity contribution in [3.8, 4) is 5.75 Å². The lowest BCUT2D eigenvalue weighted by atomic mass is 10.2. The van der Waals surface area contributed by atoms with E-state index < -0.39 is 0 Å². The molecule has 0 amide bonds. The van der Waals surface area contributed by atoms with Gasteiger partial charge in [0.25, 0.3) is 0 Å². The Morgan fingerprint density at radius 2 is 1.78 bits per heavy atom. The Kier molecular flexibility index (Phi) is 5.62. The molecule has 1 saturated carbocycles. The first-order valence-electron chi connectivity index (χ1n) is 8.85. The number of benzene rings is 2. The standard InChI is InChI=1S/C20H19Cl2N3OS/c1-13(15-6-2-3-7-16(15)21)27-20-24-23-19(25(20)14-10-11-14)12-26-18-9-5-4-8-17(18)22/h2-9,13-14H,10-12H2,1H3. The lowest BCUT2D eigenvalue weighted by Gasteiger charge is -2.14. The van der Waals surface area contributed by atoms with Gasteiger partial charge in [-0.3, -0.25) is 4.57 Å². The third-order valence-electron chi connectivity index (χ3n) is 4.47. The summed E-state index contributed by atoms with van der Waals surface area (Å²) in [6.07, 6.45) is 2.29. The topological polar surface area (TPSA) is 39.9 Å². The van der Waals surface area contributed by atoms with Crippen molar-refractivity contribution in [2.24, 2.45) is 0 Å². The molecule has 0 N–H and O–H groups in total. The van der Waals surface area contributed by atoms with Gasteiger partial charge < -0.3 is 4.74 Å². The predicted octanol–water partition coefficient (Wildman–Crippen LogP) is 6.35. The van der Waals surface area contributed by atoms with Gasteiger partial charge >= 0.3 is 0 Å². The predicted molar refractivity (Wildman–Crippen MR) is 110 cm³/mol. The summed E-state index contributed by atoms with van der Waals surface area (Å²) in [5.74, 6) is 1.48. The van der Waals surface area contributed by atoms with E-state index in [-0.39, 0.29) is 5.25 Å². The minimum absolute atomic E-state index is 0.178. The van der Waals surface area contributed by atoms with E-state index in [0.29, 0.717) is 23.4 Å². The van der Waals surface area contributed by atoms with Gasteiger partial charge in [-0.1, -0.05) is 65.3 Å². The fourth-order valence-corrected chi connectivity index (χ4v) is 4.58. The molecule has 3 aromatic rings. The van der Waals surface area contributed by atoms with Crippen LogP contribution in [0.25, 0.3) is 0 Å². The lowest BCUT2D eigenvalue weighted by Crippen LogP contribution is -2.07. The number of thioether (sulfide) groups is 1. The number of nitrogens with zero attached hydrogens (tertiary/aromatic N) is 3. The zero-order chi connectivity index (χ0) is 18.8. The number of aromatic nitrogens is 3. The third-order valence-corrected chi connectivity index (χ3v) is 6.22. The third kappa shape index (κ3) is 4.26. The van der Waals surface area contributed by atoms with Gasteiger partial charge in [0.1, 0.15) is 12.4 Å². The summed E-state index contributed by atoms with van der Waals surface area (Å²) in [6, 6.07) is 15.8. The number of hydrogen-bond acceptors (Lipinski definition) is 4. The molecule has 0 bridgehead atoms. The number of ether oxygens (including phenoxy) is 1. The highest BCUT2D eigenvalue weighted by Crippen LogP contribution is 2.43. The molecule has 1 heterocycles. The van der Waals surface area contributed by atoms with Crippen molar-refractivity contribution >= 4 is 35.0 Å². The van der Waals surface area contributed by atoms with Crippen LogP contribution in [0.5, 0.6) is 5.75 Å². The summed E-state index contributed by atoms with van der Waals surface area (Å²) < 4.78 is 8.08. The average molecular weight is 420 g/mol. The second kappa shape index (κ2) is 8.13. The van der Waals surface area contributed by atoms with E-state index in [1.54, 1.807) is 11.8 Å². The van der Waals surface area contributed by atoms with Crippen LogP contribution in [-0.2, 0) is 6.61 Å². The molecule has 1 aromatic heterocycles. The summed E-state index contributed by atoms with van der Waals surface area (Å²) in [4.78, 5) is 0. The smallest absolute Gasteiger partial charge is 0.192 e. The molecule has 140 valence electrons. The summed E-state index contributed by atoms with van der Waals surface area (Å²) >= 11 is 14.2. The Morgan fingerprint density at radius 3 is 2.48 bits per heavy atom. The number of halogens is 2. The van der Waals surface area contributed by atoms with E-state index in [1.165, 1.54) is 0 Å². The van der Waals surface area contributed by atoms with Crippen molar-refractivity contribution < 1.29 is 4.74 Å². The molecular formula is C20H19Cl2N3OS. The fourth-order valence-electron chi connectivity index (χ4n) is 2.92. The van der Waals surface area contributed by atoms with Crippen LogP contribution in [0.1, 0.15) is 42.4 Å². The summed E-state index contributed by atoms with van der Waals surface area (Å²) in [5, 5.41) is 11.3. The van der Waals surface area contributed by atoms with Crippen LogP contribution in [0.2, 0.25) is 10.0 Å². The van der Waals surface area contributed by atoms with Crippen molar-refractivity contribution in [1.82, 2.24) is 14.8 Å². The van der Waals surface area contributed by atoms with Crippen molar-refractivity contribution in [2.45, 2.75) is 42.8 Å². The largest absolute Gasteiger partial charge is 0.484 e. The van der Waals surface area contributed by atoms with Crippen LogP contribution in [0.4, 0.5) is 0 Å². The van der Waals surface area contributed by atoms with Crippen LogP contribution < -0.4 is 4.74 Å². The quantitative estimate of drug-likeness (QED) is 0.418.